The molecule has 2 amide bonds. The van der Waals surface area contributed by atoms with E-state index < -0.39 is 42.5 Å². The number of rotatable bonds is 5. The molecule has 0 aliphatic heterocycles. The monoisotopic (exact) mass is 344 g/mol. The Hall–Kier alpha value is -2.84. The van der Waals surface area contributed by atoms with E-state index in [1.54, 1.807) is 0 Å². The first-order chi connectivity index (χ1) is 11.3. The lowest BCUT2D eigenvalue weighted by atomic mass is 10.1. The number of carbonyl (C=O) groups excluding carboxylic acids is 2. The fourth-order valence-corrected chi connectivity index (χ4v) is 1.88. The highest BCUT2D eigenvalue weighted by Gasteiger charge is 2.33. The Balaban J connectivity index is 1.91. The summed E-state index contributed by atoms with van der Waals surface area (Å²) >= 11 is 0. The van der Waals surface area contributed by atoms with E-state index in [-0.39, 0.29) is 11.3 Å². The van der Waals surface area contributed by atoms with Crippen molar-refractivity contribution in [3.63, 3.8) is 0 Å². The average molecular weight is 344 g/mol. The van der Waals surface area contributed by atoms with E-state index in [0.717, 1.165) is 12.1 Å². The zero-order valence-corrected chi connectivity index (χ0v) is 12.1. The minimum absolute atomic E-state index is 0.000641. The van der Waals surface area contributed by atoms with Crippen LogP contribution in [0.2, 0.25) is 0 Å². The van der Waals surface area contributed by atoms with E-state index in [2.05, 4.69) is 10.6 Å². The van der Waals surface area contributed by atoms with Crippen LogP contribution in [0.3, 0.4) is 0 Å². The molecule has 9 heteroatoms. The molecular formula is C15H12F4N2O3. The van der Waals surface area contributed by atoms with Crippen molar-refractivity contribution in [1.82, 2.24) is 10.6 Å². The summed E-state index contributed by atoms with van der Waals surface area (Å²) in [5.41, 5.74) is -1.45. The molecule has 2 rings (SSSR count). The van der Waals surface area contributed by atoms with Crippen LogP contribution in [0.4, 0.5) is 17.6 Å². The molecule has 5 nitrogen and oxygen atoms in total. The summed E-state index contributed by atoms with van der Waals surface area (Å²) < 4.78 is 56.2. The number of carbonyl (C=O) groups is 2. The fraction of sp³-hybridized carbons (Fsp3) is 0.200. The summed E-state index contributed by atoms with van der Waals surface area (Å²) in [7, 11) is 0. The highest BCUT2D eigenvalue weighted by molar-refractivity contribution is 5.94. The van der Waals surface area contributed by atoms with E-state index in [4.69, 9.17) is 4.42 Å². The maximum atomic E-state index is 13.0. The third-order valence-corrected chi connectivity index (χ3v) is 3.01. The van der Waals surface area contributed by atoms with E-state index in [0.29, 0.717) is 6.07 Å². The predicted molar refractivity (Wildman–Crippen MR) is 74.3 cm³/mol. The third-order valence-electron chi connectivity index (χ3n) is 3.01. The van der Waals surface area contributed by atoms with Gasteiger partial charge < -0.3 is 15.1 Å². The Labute approximate surface area is 133 Å². The van der Waals surface area contributed by atoms with Gasteiger partial charge in [-0.1, -0.05) is 6.07 Å². The lowest BCUT2D eigenvalue weighted by molar-refractivity contribution is -0.138. The lowest BCUT2D eigenvalue weighted by Crippen LogP contribution is -2.36. The van der Waals surface area contributed by atoms with Crippen molar-refractivity contribution >= 4 is 11.8 Å². The van der Waals surface area contributed by atoms with Gasteiger partial charge in [0, 0.05) is 6.54 Å². The van der Waals surface area contributed by atoms with Gasteiger partial charge in [0.2, 0.25) is 5.91 Å². The lowest BCUT2D eigenvalue weighted by Gasteiger charge is -2.13. The highest BCUT2D eigenvalue weighted by atomic mass is 19.4. The van der Waals surface area contributed by atoms with Gasteiger partial charge in [0.1, 0.15) is 5.82 Å². The summed E-state index contributed by atoms with van der Waals surface area (Å²) in [4.78, 5) is 23.1. The van der Waals surface area contributed by atoms with Crippen LogP contribution >= 0.6 is 0 Å². The minimum atomic E-state index is -4.74. The van der Waals surface area contributed by atoms with Gasteiger partial charge in [-0.2, -0.15) is 13.2 Å². The fourth-order valence-electron chi connectivity index (χ4n) is 1.88. The molecule has 0 aliphatic rings. The van der Waals surface area contributed by atoms with Crippen molar-refractivity contribution in [2.45, 2.75) is 12.7 Å². The van der Waals surface area contributed by atoms with Gasteiger partial charge in [0.05, 0.1) is 18.4 Å². The molecule has 24 heavy (non-hydrogen) atoms. The molecule has 0 aliphatic carbocycles. The second-order valence-electron chi connectivity index (χ2n) is 4.74. The van der Waals surface area contributed by atoms with Crippen molar-refractivity contribution in [2.24, 2.45) is 0 Å². The van der Waals surface area contributed by atoms with Crippen molar-refractivity contribution in [1.29, 1.82) is 0 Å². The van der Waals surface area contributed by atoms with Gasteiger partial charge in [-0.3, -0.25) is 9.59 Å². The first kappa shape index (κ1) is 17.5. The molecule has 1 aromatic carbocycles. The quantitative estimate of drug-likeness (QED) is 0.819. The maximum absolute atomic E-state index is 13.0. The smallest absolute Gasteiger partial charge is 0.416 e. The number of alkyl halides is 3. The molecule has 2 N–H and O–H groups in total. The van der Waals surface area contributed by atoms with Crippen molar-refractivity contribution in [3.05, 3.63) is 59.3 Å². The van der Waals surface area contributed by atoms with Crippen LogP contribution in [0.15, 0.2) is 41.0 Å². The normalized spacial score (nSPS) is 11.2. The Morgan fingerprint density at radius 2 is 1.88 bits per heavy atom. The number of furan rings is 1. The van der Waals surface area contributed by atoms with Crippen LogP contribution in [0.25, 0.3) is 0 Å². The van der Waals surface area contributed by atoms with Crippen LogP contribution < -0.4 is 10.6 Å². The molecule has 0 radical (unpaired) electrons. The van der Waals surface area contributed by atoms with Crippen molar-refractivity contribution in [2.75, 3.05) is 6.54 Å². The largest absolute Gasteiger partial charge is 0.459 e. The standard InChI is InChI=1S/C15H12F4N2O3/c16-10-4-3-9(11(6-10)15(17,18)19)7-20-13(22)8-21-14(23)12-2-1-5-24-12/h1-6H,7-8H2,(H,20,22)(H,21,23). The topological polar surface area (TPSA) is 71.3 Å². The number of benzene rings is 1. The summed E-state index contributed by atoms with van der Waals surface area (Å²) in [5, 5.41) is 4.47. The molecule has 0 saturated heterocycles. The highest BCUT2D eigenvalue weighted by Crippen LogP contribution is 2.32. The van der Waals surface area contributed by atoms with E-state index in [1.165, 1.54) is 18.4 Å². The molecule has 1 aromatic heterocycles. The number of amides is 2. The molecule has 128 valence electrons. The number of hydrogen-bond acceptors (Lipinski definition) is 3. The third kappa shape index (κ3) is 4.58. The second-order valence-corrected chi connectivity index (χ2v) is 4.74. The zero-order chi connectivity index (χ0) is 17.7. The summed E-state index contributed by atoms with van der Waals surface area (Å²) in [6.07, 6.45) is -3.46. The van der Waals surface area contributed by atoms with E-state index in [9.17, 15) is 27.2 Å². The second kappa shape index (κ2) is 7.16. The van der Waals surface area contributed by atoms with Crippen LogP contribution in [0.5, 0.6) is 0 Å². The van der Waals surface area contributed by atoms with Gasteiger partial charge in [-0.05, 0) is 29.8 Å². The molecule has 0 unspecified atom stereocenters. The van der Waals surface area contributed by atoms with Crippen LogP contribution in [-0.2, 0) is 17.5 Å². The molecule has 0 atom stereocenters. The number of hydrogen-bond donors (Lipinski definition) is 2. The van der Waals surface area contributed by atoms with Gasteiger partial charge in [-0.15, -0.1) is 0 Å². The summed E-state index contributed by atoms with van der Waals surface area (Å²) in [6.45, 7) is -0.896. The van der Waals surface area contributed by atoms with Crippen molar-refractivity contribution < 1.29 is 31.6 Å². The molecule has 2 aromatic rings. The van der Waals surface area contributed by atoms with Crippen LogP contribution in [0, 0.1) is 5.82 Å². The van der Waals surface area contributed by atoms with Gasteiger partial charge in [0.25, 0.3) is 5.91 Å². The van der Waals surface area contributed by atoms with Gasteiger partial charge in [0.15, 0.2) is 5.76 Å². The van der Waals surface area contributed by atoms with Crippen molar-refractivity contribution in [3.8, 4) is 0 Å². The SMILES string of the molecule is O=C(CNC(=O)c1ccco1)NCc1ccc(F)cc1C(F)(F)F. The summed E-state index contributed by atoms with van der Waals surface area (Å²) in [6, 6.07) is 5.05. The first-order valence-corrected chi connectivity index (χ1v) is 6.71. The maximum Gasteiger partial charge on any atom is 0.416 e. The summed E-state index contributed by atoms with van der Waals surface area (Å²) in [5.74, 6) is -2.36. The minimum Gasteiger partial charge on any atom is -0.459 e. The Morgan fingerprint density at radius 1 is 1.12 bits per heavy atom. The molecule has 1 heterocycles. The van der Waals surface area contributed by atoms with Gasteiger partial charge in [-0.25, -0.2) is 4.39 Å². The Morgan fingerprint density at radius 3 is 2.50 bits per heavy atom. The van der Waals surface area contributed by atoms with E-state index in [1.807, 2.05) is 0 Å². The average Bonchev–Trinajstić information content (AvgIpc) is 3.05. The molecule has 0 bridgehead atoms. The molecule has 0 saturated carbocycles. The van der Waals surface area contributed by atoms with E-state index >= 15 is 0 Å². The van der Waals surface area contributed by atoms with Crippen LogP contribution in [-0.4, -0.2) is 18.4 Å². The first-order valence-electron chi connectivity index (χ1n) is 6.71. The number of nitrogens with one attached hydrogen (secondary N) is 2. The molecular weight excluding hydrogens is 332 g/mol. The Bertz CT molecular complexity index is 727. The zero-order valence-electron chi connectivity index (χ0n) is 12.1. The molecule has 0 spiro atoms. The molecule has 0 fully saturated rings. The number of halogens is 4. The van der Waals surface area contributed by atoms with Crippen LogP contribution in [0.1, 0.15) is 21.7 Å². The Kier molecular flexibility index (Phi) is 5.22. The van der Waals surface area contributed by atoms with Gasteiger partial charge >= 0.3 is 6.18 Å². The predicted octanol–water partition coefficient (Wildman–Crippen LogP) is 2.48.